The van der Waals surface area contributed by atoms with Gasteiger partial charge >= 0.3 is 0 Å². The molecule has 0 spiro atoms. The first-order valence-electron chi connectivity index (χ1n) is 7.18. The number of hydrogen-bond donors (Lipinski definition) is 2. The Hall–Kier alpha value is -1.26. The molecule has 1 aromatic carbocycles. The van der Waals surface area contributed by atoms with E-state index in [1.165, 1.54) is 0 Å². The first-order valence-corrected chi connectivity index (χ1v) is 7.56. The van der Waals surface area contributed by atoms with Crippen LogP contribution in [0.25, 0.3) is 0 Å². The average Bonchev–Trinajstić information content (AvgIpc) is 2.43. The number of likely N-dealkylation sites (tertiary alicyclic amines) is 1. The average molecular weight is 294 g/mol. The number of piperidine rings is 2. The minimum absolute atomic E-state index is 0.204. The van der Waals surface area contributed by atoms with Gasteiger partial charge in [-0.2, -0.15) is 0 Å². The Kier molecular flexibility index (Phi) is 3.85. The fourth-order valence-electron chi connectivity index (χ4n) is 3.29. The van der Waals surface area contributed by atoms with Crippen molar-refractivity contribution in [2.75, 3.05) is 18.8 Å². The summed E-state index contributed by atoms with van der Waals surface area (Å²) in [5, 5.41) is 3.85. The van der Waals surface area contributed by atoms with Crippen molar-refractivity contribution in [3.63, 3.8) is 0 Å². The Morgan fingerprint density at radius 3 is 3.05 bits per heavy atom. The van der Waals surface area contributed by atoms with E-state index < -0.39 is 0 Å². The number of fused-ring (bicyclic) bond motifs is 1. The normalized spacial score (nSPS) is 26.9. The van der Waals surface area contributed by atoms with Gasteiger partial charge in [0.1, 0.15) is 0 Å². The number of benzene rings is 1. The van der Waals surface area contributed by atoms with Crippen molar-refractivity contribution in [2.45, 2.75) is 31.8 Å². The Labute approximate surface area is 124 Å². The Balaban J connectivity index is 1.67. The van der Waals surface area contributed by atoms with Crippen LogP contribution < -0.4 is 11.1 Å². The highest BCUT2D eigenvalue weighted by Gasteiger charge is 2.33. The van der Waals surface area contributed by atoms with Crippen LogP contribution >= 0.6 is 11.6 Å². The fraction of sp³-hybridized carbons (Fsp3) is 0.533. The lowest BCUT2D eigenvalue weighted by atomic mass is 9.85. The maximum atomic E-state index is 11.4. The Bertz CT molecular complexity index is 500. The SMILES string of the molecule is Nc1cccc(Cl)c1CN1CCC2NC(=O)CCC2C1. The molecule has 1 amide bonds. The van der Waals surface area contributed by atoms with Crippen molar-refractivity contribution in [1.82, 2.24) is 10.2 Å². The molecule has 5 heteroatoms. The molecule has 108 valence electrons. The second-order valence-corrected chi connectivity index (χ2v) is 6.21. The number of amides is 1. The smallest absolute Gasteiger partial charge is 0.220 e. The van der Waals surface area contributed by atoms with Gasteiger partial charge in [0.05, 0.1) is 0 Å². The third-order valence-electron chi connectivity index (χ3n) is 4.44. The van der Waals surface area contributed by atoms with Crippen LogP contribution in [0, 0.1) is 5.92 Å². The Morgan fingerprint density at radius 1 is 1.40 bits per heavy atom. The van der Waals surface area contributed by atoms with E-state index in [0.29, 0.717) is 18.4 Å². The highest BCUT2D eigenvalue weighted by Crippen LogP contribution is 2.29. The maximum Gasteiger partial charge on any atom is 0.220 e. The van der Waals surface area contributed by atoms with Gasteiger partial charge in [-0.15, -0.1) is 0 Å². The van der Waals surface area contributed by atoms with Crippen LogP contribution in [0.5, 0.6) is 0 Å². The molecule has 3 N–H and O–H groups in total. The number of hydrogen-bond acceptors (Lipinski definition) is 3. The van der Waals surface area contributed by atoms with Crippen LogP contribution in [0.1, 0.15) is 24.8 Å². The highest BCUT2D eigenvalue weighted by atomic mass is 35.5. The van der Waals surface area contributed by atoms with Crippen LogP contribution in [0.15, 0.2) is 18.2 Å². The zero-order chi connectivity index (χ0) is 14.1. The van der Waals surface area contributed by atoms with Gasteiger partial charge in [0.25, 0.3) is 0 Å². The minimum atomic E-state index is 0.204. The summed E-state index contributed by atoms with van der Waals surface area (Å²) in [7, 11) is 0. The summed E-state index contributed by atoms with van der Waals surface area (Å²) in [6.45, 7) is 2.78. The first kappa shape index (κ1) is 13.7. The van der Waals surface area contributed by atoms with Gasteiger partial charge in [-0.3, -0.25) is 9.69 Å². The number of carbonyl (C=O) groups is 1. The number of nitrogens with zero attached hydrogens (tertiary/aromatic N) is 1. The molecule has 2 atom stereocenters. The van der Waals surface area contributed by atoms with Gasteiger partial charge < -0.3 is 11.1 Å². The molecule has 2 aliphatic rings. The van der Waals surface area contributed by atoms with Gasteiger partial charge in [0.15, 0.2) is 0 Å². The molecule has 0 bridgehead atoms. The summed E-state index contributed by atoms with van der Waals surface area (Å²) in [6, 6.07) is 6.02. The minimum Gasteiger partial charge on any atom is -0.398 e. The standard InChI is InChI=1S/C15H20ClN3O/c16-12-2-1-3-13(17)11(12)9-19-7-6-14-10(8-19)4-5-15(20)18-14/h1-3,10,14H,4-9,17H2,(H,18,20). The maximum absolute atomic E-state index is 11.4. The lowest BCUT2D eigenvalue weighted by Crippen LogP contribution is -2.53. The van der Waals surface area contributed by atoms with E-state index in [0.717, 1.165) is 48.7 Å². The lowest BCUT2D eigenvalue weighted by molar-refractivity contribution is -0.125. The number of nitrogens with two attached hydrogens (primary N) is 1. The molecular weight excluding hydrogens is 274 g/mol. The molecular formula is C15H20ClN3O. The van der Waals surface area contributed by atoms with Crippen molar-refractivity contribution in [1.29, 1.82) is 0 Å². The van der Waals surface area contributed by atoms with E-state index in [1.54, 1.807) is 0 Å². The second kappa shape index (κ2) is 5.62. The van der Waals surface area contributed by atoms with Gasteiger partial charge in [-0.1, -0.05) is 17.7 Å². The van der Waals surface area contributed by atoms with E-state index in [-0.39, 0.29) is 5.91 Å². The molecule has 0 aromatic heterocycles. The van der Waals surface area contributed by atoms with Crippen LogP contribution in [0.2, 0.25) is 5.02 Å². The van der Waals surface area contributed by atoms with E-state index in [1.807, 2.05) is 18.2 Å². The number of nitrogens with one attached hydrogen (secondary N) is 1. The molecule has 2 fully saturated rings. The molecule has 0 radical (unpaired) electrons. The first-order chi connectivity index (χ1) is 9.63. The number of halogens is 1. The topological polar surface area (TPSA) is 58.4 Å². The summed E-state index contributed by atoms with van der Waals surface area (Å²) in [5.41, 5.74) is 7.80. The van der Waals surface area contributed by atoms with Crippen LogP contribution in [-0.2, 0) is 11.3 Å². The van der Waals surface area contributed by atoms with Crippen molar-refractivity contribution in [3.8, 4) is 0 Å². The van der Waals surface area contributed by atoms with Crippen LogP contribution in [-0.4, -0.2) is 29.9 Å². The van der Waals surface area contributed by atoms with Crippen molar-refractivity contribution in [2.24, 2.45) is 5.92 Å². The summed E-state index contributed by atoms with van der Waals surface area (Å²) in [4.78, 5) is 13.8. The summed E-state index contributed by atoms with van der Waals surface area (Å²) < 4.78 is 0. The highest BCUT2D eigenvalue weighted by molar-refractivity contribution is 6.31. The van der Waals surface area contributed by atoms with Crippen molar-refractivity contribution in [3.05, 3.63) is 28.8 Å². The summed E-state index contributed by atoms with van der Waals surface area (Å²) >= 11 is 6.24. The van der Waals surface area contributed by atoms with Gasteiger partial charge in [-0.05, 0) is 30.9 Å². The molecule has 2 aliphatic heterocycles. The third-order valence-corrected chi connectivity index (χ3v) is 4.80. The molecule has 0 saturated carbocycles. The molecule has 2 saturated heterocycles. The molecule has 1 aromatic rings. The summed E-state index contributed by atoms with van der Waals surface area (Å²) in [6.07, 6.45) is 2.66. The van der Waals surface area contributed by atoms with Gasteiger partial charge in [0.2, 0.25) is 5.91 Å². The number of carbonyl (C=O) groups excluding carboxylic acids is 1. The molecule has 4 nitrogen and oxygen atoms in total. The second-order valence-electron chi connectivity index (χ2n) is 5.80. The monoisotopic (exact) mass is 293 g/mol. The zero-order valence-electron chi connectivity index (χ0n) is 11.4. The van der Waals surface area contributed by atoms with Crippen LogP contribution in [0.3, 0.4) is 0 Å². The fourth-order valence-corrected chi connectivity index (χ4v) is 3.54. The van der Waals surface area contributed by atoms with E-state index in [9.17, 15) is 4.79 Å². The van der Waals surface area contributed by atoms with Crippen molar-refractivity contribution < 1.29 is 4.79 Å². The summed E-state index contributed by atoms with van der Waals surface area (Å²) in [5.74, 6) is 0.764. The molecule has 2 heterocycles. The third kappa shape index (κ3) is 2.76. The van der Waals surface area contributed by atoms with Gasteiger partial charge in [-0.25, -0.2) is 0 Å². The predicted molar refractivity (Wildman–Crippen MR) is 80.4 cm³/mol. The zero-order valence-corrected chi connectivity index (χ0v) is 12.2. The van der Waals surface area contributed by atoms with Crippen LogP contribution in [0.4, 0.5) is 5.69 Å². The molecule has 0 aliphatic carbocycles. The number of nitrogen functional groups attached to an aromatic ring is 1. The predicted octanol–water partition coefficient (Wildman–Crippen LogP) is 2.02. The van der Waals surface area contributed by atoms with E-state index >= 15 is 0 Å². The largest absolute Gasteiger partial charge is 0.398 e. The molecule has 3 rings (SSSR count). The van der Waals surface area contributed by atoms with Gasteiger partial charge in [0, 0.05) is 48.4 Å². The quantitative estimate of drug-likeness (QED) is 0.820. The molecule has 20 heavy (non-hydrogen) atoms. The Morgan fingerprint density at radius 2 is 2.25 bits per heavy atom. The van der Waals surface area contributed by atoms with E-state index in [2.05, 4.69) is 10.2 Å². The lowest BCUT2D eigenvalue weighted by Gasteiger charge is -2.41. The number of anilines is 1. The van der Waals surface area contributed by atoms with Crippen molar-refractivity contribution >= 4 is 23.2 Å². The van der Waals surface area contributed by atoms with E-state index in [4.69, 9.17) is 17.3 Å². The number of rotatable bonds is 2. The molecule has 2 unspecified atom stereocenters.